The molecule has 30 heavy (non-hydrogen) atoms. The number of ether oxygens (including phenoxy) is 1. The van der Waals surface area contributed by atoms with Gasteiger partial charge in [-0.15, -0.1) is 0 Å². The van der Waals surface area contributed by atoms with Crippen molar-refractivity contribution in [3.05, 3.63) is 60.2 Å². The van der Waals surface area contributed by atoms with E-state index in [-0.39, 0.29) is 37.1 Å². The third-order valence-electron chi connectivity index (χ3n) is 4.80. The number of carboxylic acid groups (broad SMARTS) is 1. The molecule has 0 bridgehead atoms. The summed E-state index contributed by atoms with van der Waals surface area (Å²) in [7, 11) is 0. The van der Waals surface area contributed by atoms with Crippen LogP contribution in [-0.2, 0) is 25.5 Å². The Kier molecular flexibility index (Phi) is 9.58. The minimum Gasteiger partial charge on any atom is -0.481 e. The molecule has 0 heterocycles. The molecule has 0 aliphatic rings. The smallest absolute Gasteiger partial charge is 0.305 e. The van der Waals surface area contributed by atoms with Crippen molar-refractivity contribution in [2.45, 2.75) is 39.0 Å². The molecule has 0 fully saturated rings. The van der Waals surface area contributed by atoms with Crippen molar-refractivity contribution in [2.75, 3.05) is 13.2 Å². The number of rotatable bonds is 12. The Labute approximate surface area is 177 Å². The van der Waals surface area contributed by atoms with Gasteiger partial charge in [0.2, 0.25) is 5.91 Å². The van der Waals surface area contributed by atoms with Gasteiger partial charge in [-0.1, -0.05) is 54.6 Å². The van der Waals surface area contributed by atoms with Gasteiger partial charge in [-0.2, -0.15) is 0 Å². The molecule has 1 amide bonds. The fourth-order valence-corrected chi connectivity index (χ4v) is 3.20. The van der Waals surface area contributed by atoms with Gasteiger partial charge in [0, 0.05) is 19.4 Å². The number of hydrogen-bond acceptors (Lipinski definition) is 4. The first-order valence-corrected chi connectivity index (χ1v) is 10.3. The fraction of sp³-hybridized carbons (Fsp3) is 0.375. The van der Waals surface area contributed by atoms with Gasteiger partial charge in [-0.25, -0.2) is 0 Å². The largest absolute Gasteiger partial charge is 0.481 e. The average molecular weight is 411 g/mol. The molecule has 0 unspecified atom stereocenters. The molecule has 1 atom stereocenters. The number of nitrogens with one attached hydrogen (secondary N) is 1. The van der Waals surface area contributed by atoms with E-state index in [1.807, 2.05) is 18.2 Å². The highest BCUT2D eigenvalue weighted by atomic mass is 16.5. The van der Waals surface area contributed by atoms with Crippen molar-refractivity contribution in [2.24, 2.45) is 5.92 Å². The number of aliphatic carboxylic acids is 1. The van der Waals surface area contributed by atoms with Gasteiger partial charge in [-0.3, -0.25) is 14.4 Å². The summed E-state index contributed by atoms with van der Waals surface area (Å²) in [5, 5.41) is 11.5. The van der Waals surface area contributed by atoms with Gasteiger partial charge in [0.05, 0.1) is 13.0 Å². The molecule has 0 saturated carbocycles. The molecule has 0 radical (unpaired) electrons. The molecular formula is C24H29NO5. The van der Waals surface area contributed by atoms with E-state index in [1.165, 1.54) is 0 Å². The average Bonchev–Trinajstić information content (AvgIpc) is 2.75. The van der Waals surface area contributed by atoms with Crippen LogP contribution < -0.4 is 5.32 Å². The monoisotopic (exact) mass is 411 g/mol. The summed E-state index contributed by atoms with van der Waals surface area (Å²) in [5.74, 6) is -1.50. The summed E-state index contributed by atoms with van der Waals surface area (Å²) in [6.45, 7) is 2.50. The highest BCUT2D eigenvalue weighted by Crippen LogP contribution is 2.21. The van der Waals surface area contributed by atoms with Crippen LogP contribution in [0.3, 0.4) is 0 Å². The van der Waals surface area contributed by atoms with Crippen LogP contribution in [0.5, 0.6) is 0 Å². The molecule has 2 aromatic rings. The van der Waals surface area contributed by atoms with Crippen LogP contribution in [0.2, 0.25) is 0 Å². The number of esters is 1. The fourth-order valence-electron chi connectivity index (χ4n) is 3.20. The number of carbonyl (C=O) groups is 3. The van der Waals surface area contributed by atoms with E-state index in [2.05, 4.69) is 41.7 Å². The lowest BCUT2D eigenvalue weighted by Crippen LogP contribution is -2.31. The third-order valence-corrected chi connectivity index (χ3v) is 4.80. The molecule has 2 rings (SSSR count). The number of carbonyl (C=O) groups excluding carboxylic acids is 2. The molecule has 6 nitrogen and oxygen atoms in total. The van der Waals surface area contributed by atoms with E-state index >= 15 is 0 Å². The maximum atomic E-state index is 11.9. The van der Waals surface area contributed by atoms with Crippen molar-refractivity contribution in [3.63, 3.8) is 0 Å². The highest BCUT2D eigenvalue weighted by Gasteiger charge is 2.15. The second-order valence-corrected chi connectivity index (χ2v) is 7.17. The molecule has 0 aliphatic carbocycles. The minimum atomic E-state index is -0.998. The number of hydrogen-bond donors (Lipinski definition) is 2. The quantitative estimate of drug-likeness (QED) is 0.518. The van der Waals surface area contributed by atoms with E-state index in [0.29, 0.717) is 26.0 Å². The summed E-state index contributed by atoms with van der Waals surface area (Å²) >= 11 is 0. The maximum Gasteiger partial charge on any atom is 0.305 e. The third kappa shape index (κ3) is 8.47. The Morgan fingerprint density at radius 3 is 2.23 bits per heavy atom. The molecule has 0 saturated heterocycles. The Bertz CT molecular complexity index is 817. The number of amides is 1. The van der Waals surface area contributed by atoms with Gasteiger partial charge in [0.1, 0.15) is 0 Å². The van der Waals surface area contributed by atoms with Crippen LogP contribution in [0.4, 0.5) is 0 Å². The number of carboxylic acids is 1. The van der Waals surface area contributed by atoms with Gasteiger partial charge in [0.15, 0.2) is 0 Å². The van der Waals surface area contributed by atoms with Crippen molar-refractivity contribution in [1.29, 1.82) is 0 Å². The first-order chi connectivity index (χ1) is 14.5. The van der Waals surface area contributed by atoms with Crippen LogP contribution >= 0.6 is 0 Å². The summed E-state index contributed by atoms with van der Waals surface area (Å²) in [4.78, 5) is 34.2. The minimum absolute atomic E-state index is 0.0470. The molecule has 2 aromatic carbocycles. The van der Waals surface area contributed by atoms with Crippen LogP contribution in [-0.4, -0.2) is 36.1 Å². The van der Waals surface area contributed by atoms with Crippen molar-refractivity contribution >= 4 is 17.8 Å². The van der Waals surface area contributed by atoms with Crippen LogP contribution in [0.25, 0.3) is 11.1 Å². The van der Waals surface area contributed by atoms with Gasteiger partial charge < -0.3 is 15.2 Å². The zero-order valence-corrected chi connectivity index (χ0v) is 17.3. The Morgan fingerprint density at radius 2 is 1.60 bits per heavy atom. The lowest BCUT2D eigenvalue weighted by Gasteiger charge is -2.18. The van der Waals surface area contributed by atoms with E-state index in [0.717, 1.165) is 16.7 Å². The molecular weight excluding hydrogens is 382 g/mol. The standard InChI is InChI=1S/C24H29NO5/c1-2-30-24(29)15-10-19(17-25-22(26)13-14-23(27)28)16-18-8-11-21(12-9-18)20-6-4-3-5-7-20/h3-9,11-12,19H,2,10,13-17H2,1H3,(H,25,26)(H,27,28)/t19-/m0/s1. The molecule has 160 valence electrons. The zero-order valence-electron chi connectivity index (χ0n) is 17.3. The van der Waals surface area contributed by atoms with Crippen LogP contribution in [0.15, 0.2) is 54.6 Å². The Balaban J connectivity index is 1.97. The molecule has 0 spiro atoms. The molecule has 0 aromatic heterocycles. The topological polar surface area (TPSA) is 92.7 Å². The van der Waals surface area contributed by atoms with Gasteiger partial charge >= 0.3 is 11.9 Å². The predicted octanol–water partition coefficient (Wildman–Crippen LogP) is 3.84. The lowest BCUT2D eigenvalue weighted by molar-refractivity contribution is -0.143. The summed E-state index contributed by atoms with van der Waals surface area (Å²) in [5.41, 5.74) is 3.39. The van der Waals surface area contributed by atoms with E-state index < -0.39 is 5.97 Å². The van der Waals surface area contributed by atoms with Crippen molar-refractivity contribution < 1.29 is 24.2 Å². The maximum absolute atomic E-state index is 11.9. The molecule has 6 heteroatoms. The normalized spacial score (nSPS) is 11.5. The van der Waals surface area contributed by atoms with Crippen molar-refractivity contribution in [3.8, 4) is 11.1 Å². The van der Waals surface area contributed by atoms with Crippen LogP contribution in [0, 0.1) is 5.92 Å². The van der Waals surface area contributed by atoms with Crippen LogP contribution in [0.1, 0.15) is 38.2 Å². The second kappa shape index (κ2) is 12.4. The second-order valence-electron chi connectivity index (χ2n) is 7.17. The van der Waals surface area contributed by atoms with E-state index in [1.54, 1.807) is 6.92 Å². The molecule has 0 aliphatic heterocycles. The van der Waals surface area contributed by atoms with E-state index in [4.69, 9.17) is 9.84 Å². The highest BCUT2D eigenvalue weighted by molar-refractivity contribution is 5.80. The van der Waals surface area contributed by atoms with Gasteiger partial charge in [0.25, 0.3) is 0 Å². The SMILES string of the molecule is CCOC(=O)CC[C@H](CNC(=O)CCC(=O)O)Cc1ccc(-c2ccccc2)cc1. The summed E-state index contributed by atoms with van der Waals surface area (Å²) < 4.78 is 5.01. The lowest BCUT2D eigenvalue weighted by atomic mass is 9.93. The molecule has 2 N–H and O–H groups in total. The Morgan fingerprint density at radius 1 is 0.933 bits per heavy atom. The van der Waals surface area contributed by atoms with Gasteiger partial charge in [-0.05, 0) is 42.4 Å². The Hall–Kier alpha value is -3.15. The predicted molar refractivity (Wildman–Crippen MR) is 115 cm³/mol. The summed E-state index contributed by atoms with van der Waals surface area (Å²) in [6.07, 6.45) is 1.32. The number of benzene rings is 2. The first kappa shape index (κ1) is 23.1. The zero-order chi connectivity index (χ0) is 21.8. The summed E-state index contributed by atoms with van der Waals surface area (Å²) in [6, 6.07) is 18.4. The van der Waals surface area contributed by atoms with Crippen molar-refractivity contribution in [1.82, 2.24) is 5.32 Å². The van der Waals surface area contributed by atoms with E-state index in [9.17, 15) is 14.4 Å². The first-order valence-electron chi connectivity index (χ1n) is 10.3.